The molecule has 1 heterocycles. The van der Waals surface area contributed by atoms with Crippen molar-refractivity contribution in [2.75, 3.05) is 13.2 Å². The van der Waals surface area contributed by atoms with Gasteiger partial charge in [0.1, 0.15) is 18.2 Å². The van der Waals surface area contributed by atoms with Gasteiger partial charge in [-0.05, 0) is 48.6 Å². The molecule has 3 rings (SSSR count). The van der Waals surface area contributed by atoms with Crippen molar-refractivity contribution in [1.29, 1.82) is 0 Å². The van der Waals surface area contributed by atoms with Crippen LogP contribution in [0.2, 0.25) is 0 Å². The van der Waals surface area contributed by atoms with Crippen LogP contribution in [0, 0.1) is 0 Å². The van der Waals surface area contributed by atoms with Gasteiger partial charge in [0.15, 0.2) is 0 Å². The summed E-state index contributed by atoms with van der Waals surface area (Å²) in [4.78, 5) is 15.8. The van der Waals surface area contributed by atoms with Crippen LogP contribution in [0.4, 0.5) is 0 Å². The molecule has 3 aromatic rings. The van der Waals surface area contributed by atoms with E-state index in [1.54, 1.807) is 6.92 Å². The first-order valence-electron chi connectivity index (χ1n) is 11.0. The van der Waals surface area contributed by atoms with Crippen molar-refractivity contribution in [2.24, 2.45) is 0 Å². The second-order valence-corrected chi connectivity index (χ2v) is 8.03. The summed E-state index contributed by atoms with van der Waals surface area (Å²) in [5.41, 5.74) is 3.51. The summed E-state index contributed by atoms with van der Waals surface area (Å²) in [6.07, 6.45) is 4.05. The van der Waals surface area contributed by atoms with Gasteiger partial charge in [-0.1, -0.05) is 44.5 Å². The number of unbranched alkanes of at least 4 members (excludes halogenated alkanes) is 2. The summed E-state index contributed by atoms with van der Waals surface area (Å²) in [6, 6.07) is 16.7. The van der Waals surface area contributed by atoms with Gasteiger partial charge in [0, 0.05) is 19.9 Å². The zero-order valence-corrected chi connectivity index (χ0v) is 18.4. The molecule has 160 valence electrons. The van der Waals surface area contributed by atoms with Gasteiger partial charge in [0.25, 0.3) is 0 Å². The van der Waals surface area contributed by atoms with Crippen molar-refractivity contribution < 1.29 is 9.53 Å². The maximum absolute atomic E-state index is 11.0. The number of ether oxygens (including phenoxy) is 1. The third-order valence-corrected chi connectivity index (χ3v) is 5.32. The molecule has 1 amide bonds. The van der Waals surface area contributed by atoms with Gasteiger partial charge in [-0.2, -0.15) is 0 Å². The number of carbonyl (C=O) groups excluding carboxylic acids is 1. The lowest BCUT2D eigenvalue weighted by atomic mass is 10.0. The lowest BCUT2D eigenvalue weighted by Crippen LogP contribution is -2.20. The van der Waals surface area contributed by atoms with E-state index in [0.29, 0.717) is 12.5 Å². The summed E-state index contributed by atoms with van der Waals surface area (Å²) in [5, 5.41) is 2.85. The van der Waals surface area contributed by atoms with Crippen LogP contribution in [0.5, 0.6) is 5.75 Å². The van der Waals surface area contributed by atoms with Crippen molar-refractivity contribution in [3.05, 3.63) is 59.9 Å². The minimum absolute atomic E-state index is 0.0376. The van der Waals surface area contributed by atoms with Crippen LogP contribution in [-0.4, -0.2) is 28.6 Å². The first kappa shape index (κ1) is 21.9. The number of nitrogens with one attached hydrogen (secondary N) is 1. The predicted octanol–water partition coefficient (Wildman–Crippen LogP) is 5.09. The number of aryl methyl sites for hydroxylation is 1. The maximum Gasteiger partial charge on any atom is 0.216 e. The van der Waals surface area contributed by atoms with E-state index < -0.39 is 0 Å². The SMILES string of the molecule is CC(=O)NCCCCCc1nc2ccccc2n1CCOc1ccc(C(C)C)cc1. The molecule has 0 aliphatic rings. The van der Waals surface area contributed by atoms with Gasteiger partial charge < -0.3 is 14.6 Å². The molecule has 0 radical (unpaired) electrons. The number of hydrogen-bond donors (Lipinski definition) is 1. The fraction of sp³-hybridized carbons (Fsp3) is 0.440. The van der Waals surface area contributed by atoms with Crippen molar-refractivity contribution in [3.8, 4) is 5.75 Å². The molecule has 0 unspecified atom stereocenters. The molecule has 30 heavy (non-hydrogen) atoms. The zero-order valence-electron chi connectivity index (χ0n) is 18.4. The lowest BCUT2D eigenvalue weighted by Gasteiger charge is -2.12. The number of fused-ring (bicyclic) bond motifs is 1. The van der Waals surface area contributed by atoms with E-state index in [4.69, 9.17) is 9.72 Å². The van der Waals surface area contributed by atoms with Crippen molar-refractivity contribution in [3.63, 3.8) is 0 Å². The predicted molar refractivity (Wildman–Crippen MR) is 122 cm³/mol. The van der Waals surface area contributed by atoms with E-state index in [1.807, 2.05) is 6.07 Å². The van der Waals surface area contributed by atoms with Gasteiger partial charge in [-0.3, -0.25) is 4.79 Å². The smallest absolute Gasteiger partial charge is 0.216 e. The van der Waals surface area contributed by atoms with Crippen molar-refractivity contribution in [1.82, 2.24) is 14.9 Å². The second-order valence-electron chi connectivity index (χ2n) is 8.03. The minimum atomic E-state index is 0.0376. The Morgan fingerprint density at radius 3 is 2.57 bits per heavy atom. The number of rotatable bonds is 11. The van der Waals surface area contributed by atoms with E-state index in [-0.39, 0.29) is 5.91 Å². The molecule has 2 aromatic carbocycles. The molecular formula is C25H33N3O2. The monoisotopic (exact) mass is 407 g/mol. The van der Waals surface area contributed by atoms with Crippen LogP contribution >= 0.6 is 0 Å². The quantitative estimate of drug-likeness (QED) is 0.451. The molecule has 0 spiro atoms. The molecule has 5 heteroatoms. The van der Waals surface area contributed by atoms with Gasteiger partial charge in [-0.15, -0.1) is 0 Å². The van der Waals surface area contributed by atoms with Crippen LogP contribution in [0.15, 0.2) is 48.5 Å². The molecule has 0 saturated carbocycles. The third kappa shape index (κ3) is 6.09. The average molecular weight is 408 g/mol. The molecule has 0 aliphatic carbocycles. The topological polar surface area (TPSA) is 56.2 Å². The lowest BCUT2D eigenvalue weighted by molar-refractivity contribution is -0.118. The fourth-order valence-corrected chi connectivity index (χ4v) is 3.62. The van der Waals surface area contributed by atoms with Crippen LogP contribution in [0.1, 0.15) is 57.3 Å². The first-order valence-corrected chi connectivity index (χ1v) is 11.0. The highest BCUT2D eigenvalue weighted by molar-refractivity contribution is 5.75. The zero-order chi connectivity index (χ0) is 21.3. The molecule has 0 saturated heterocycles. The molecule has 1 aromatic heterocycles. The van der Waals surface area contributed by atoms with Gasteiger partial charge in [0.2, 0.25) is 5.91 Å². The van der Waals surface area contributed by atoms with E-state index in [1.165, 1.54) is 5.56 Å². The Morgan fingerprint density at radius 2 is 1.83 bits per heavy atom. The summed E-state index contributed by atoms with van der Waals surface area (Å²) >= 11 is 0. The number of nitrogens with zero attached hydrogens (tertiary/aromatic N) is 2. The molecule has 1 N–H and O–H groups in total. The van der Waals surface area contributed by atoms with Crippen LogP contribution in [0.3, 0.4) is 0 Å². The fourth-order valence-electron chi connectivity index (χ4n) is 3.62. The summed E-state index contributed by atoms with van der Waals surface area (Å²) in [6.45, 7) is 8.08. The van der Waals surface area contributed by atoms with Crippen molar-refractivity contribution in [2.45, 2.75) is 58.9 Å². The Bertz CT molecular complexity index is 945. The van der Waals surface area contributed by atoms with Crippen LogP contribution < -0.4 is 10.1 Å². The largest absolute Gasteiger partial charge is 0.492 e. The Labute approximate surface area is 179 Å². The highest BCUT2D eigenvalue weighted by atomic mass is 16.5. The molecule has 0 bridgehead atoms. The number of imidazole rings is 1. The number of benzene rings is 2. The van der Waals surface area contributed by atoms with E-state index in [9.17, 15) is 4.79 Å². The Hall–Kier alpha value is -2.82. The highest BCUT2D eigenvalue weighted by Gasteiger charge is 2.10. The van der Waals surface area contributed by atoms with Gasteiger partial charge in [0.05, 0.1) is 17.6 Å². The van der Waals surface area contributed by atoms with E-state index >= 15 is 0 Å². The number of para-hydroxylation sites is 2. The van der Waals surface area contributed by atoms with Crippen molar-refractivity contribution >= 4 is 16.9 Å². The molecule has 0 atom stereocenters. The second kappa shape index (κ2) is 10.8. The Morgan fingerprint density at radius 1 is 1.07 bits per heavy atom. The normalized spacial score (nSPS) is 11.2. The summed E-state index contributed by atoms with van der Waals surface area (Å²) < 4.78 is 8.29. The first-order chi connectivity index (χ1) is 14.5. The van der Waals surface area contributed by atoms with Gasteiger partial charge >= 0.3 is 0 Å². The number of amides is 1. The molecule has 0 aliphatic heterocycles. The number of hydrogen-bond acceptors (Lipinski definition) is 3. The maximum atomic E-state index is 11.0. The molecule has 5 nitrogen and oxygen atoms in total. The summed E-state index contributed by atoms with van der Waals surface area (Å²) in [5.74, 6) is 2.57. The molecular weight excluding hydrogens is 374 g/mol. The van der Waals surface area contributed by atoms with Gasteiger partial charge in [-0.25, -0.2) is 4.98 Å². The van der Waals surface area contributed by atoms with E-state index in [0.717, 1.165) is 61.4 Å². The Balaban J connectivity index is 1.58. The number of aromatic nitrogens is 2. The average Bonchev–Trinajstić information content (AvgIpc) is 3.08. The van der Waals surface area contributed by atoms with Crippen LogP contribution in [-0.2, 0) is 17.8 Å². The highest BCUT2D eigenvalue weighted by Crippen LogP contribution is 2.20. The van der Waals surface area contributed by atoms with Crippen LogP contribution in [0.25, 0.3) is 11.0 Å². The third-order valence-electron chi connectivity index (χ3n) is 5.32. The summed E-state index contributed by atoms with van der Waals surface area (Å²) in [7, 11) is 0. The number of carbonyl (C=O) groups is 1. The minimum Gasteiger partial charge on any atom is -0.492 e. The Kier molecular flexibility index (Phi) is 7.89. The standard InChI is InChI=1S/C25H33N3O2/c1-19(2)21-12-14-22(15-13-21)30-18-17-28-24-10-7-6-9-23(24)27-25(28)11-5-4-8-16-26-20(3)29/h6-7,9-10,12-15,19H,4-5,8,11,16-18H2,1-3H3,(H,26,29). The molecule has 0 fully saturated rings. The van der Waals surface area contributed by atoms with E-state index in [2.05, 4.69) is 66.2 Å².